The molecule has 3 rings (SSSR count). The molecule has 0 atom stereocenters. The molecule has 3 aromatic rings. The molecule has 0 fully saturated rings. The molecule has 1 heterocycles. The van der Waals surface area contributed by atoms with Crippen molar-refractivity contribution in [2.75, 3.05) is 0 Å². The van der Waals surface area contributed by atoms with E-state index in [0.717, 1.165) is 35.1 Å². The molecular weight excluding hydrogens is 322 g/mol. The van der Waals surface area contributed by atoms with Crippen LogP contribution in [0.5, 0.6) is 0 Å². The van der Waals surface area contributed by atoms with Crippen LogP contribution >= 0.6 is 0 Å². The summed E-state index contributed by atoms with van der Waals surface area (Å²) in [6, 6.07) is 15.7. The van der Waals surface area contributed by atoms with Gasteiger partial charge in [0, 0.05) is 10.9 Å². The highest BCUT2D eigenvalue weighted by Crippen LogP contribution is 2.25. The maximum absolute atomic E-state index is 11.6. The van der Waals surface area contributed by atoms with E-state index in [0.29, 0.717) is 5.56 Å². The minimum Gasteiger partial charge on any atom is -0.366 e. The Morgan fingerprint density at radius 2 is 1.73 bits per heavy atom. The average molecular weight is 349 g/mol. The number of rotatable bonds is 9. The van der Waals surface area contributed by atoms with Crippen LogP contribution in [0.15, 0.2) is 48.5 Å². The zero-order chi connectivity index (χ0) is 18.4. The van der Waals surface area contributed by atoms with Gasteiger partial charge in [0.25, 0.3) is 0 Å². The van der Waals surface area contributed by atoms with Crippen molar-refractivity contribution in [2.24, 2.45) is 5.73 Å². The van der Waals surface area contributed by atoms with Gasteiger partial charge in [0.15, 0.2) is 0 Å². The number of para-hydroxylation sites is 1. The molecule has 2 aromatic carbocycles. The number of carbonyl (C=O) groups excluding carboxylic acids is 1. The molecule has 1 aromatic heterocycles. The van der Waals surface area contributed by atoms with Crippen molar-refractivity contribution in [1.29, 1.82) is 0 Å². The summed E-state index contributed by atoms with van der Waals surface area (Å²) >= 11 is 0. The Bertz CT molecular complexity index is 868. The SMILES string of the molecule is CCCCCCCCc1nn(-c2ccccc2)c2ccc(C(N)=O)cc12. The third-order valence-corrected chi connectivity index (χ3v) is 4.81. The molecule has 26 heavy (non-hydrogen) atoms. The average Bonchev–Trinajstić information content (AvgIpc) is 3.03. The molecule has 0 spiro atoms. The molecular formula is C22H27N3O. The highest BCUT2D eigenvalue weighted by atomic mass is 16.1. The minimum absolute atomic E-state index is 0.398. The summed E-state index contributed by atoms with van der Waals surface area (Å²) in [6.07, 6.45) is 8.42. The first kappa shape index (κ1) is 18.2. The van der Waals surface area contributed by atoms with Crippen molar-refractivity contribution < 1.29 is 4.79 Å². The van der Waals surface area contributed by atoms with Gasteiger partial charge in [0.2, 0.25) is 5.91 Å². The van der Waals surface area contributed by atoms with Gasteiger partial charge in [0.1, 0.15) is 0 Å². The maximum atomic E-state index is 11.6. The molecule has 0 aliphatic heterocycles. The standard InChI is InChI=1S/C22H27N3O/c1-2-3-4-5-6-10-13-20-19-16-17(22(23)26)14-15-21(19)25(24-20)18-11-8-7-9-12-18/h7-9,11-12,14-16H,2-6,10,13H2,1H3,(H2,23,26). The number of aromatic nitrogens is 2. The van der Waals surface area contributed by atoms with E-state index in [2.05, 4.69) is 6.92 Å². The Hall–Kier alpha value is -2.62. The molecule has 0 aliphatic rings. The second kappa shape index (κ2) is 8.65. The van der Waals surface area contributed by atoms with Gasteiger partial charge in [-0.25, -0.2) is 4.68 Å². The number of nitrogens with two attached hydrogens (primary N) is 1. The summed E-state index contributed by atoms with van der Waals surface area (Å²) in [4.78, 5) is 11.6. The molecule has 1 amide bonds. The number of unbranched alkanes of at least 4 members (excludes halogenated alkanes) is 5. The van der Waals surface area contributed by atoms with Crippen molar-refractivity contribution in [3.63, 3.8) is 0 Å². The highest BCUT2D eigenvalue weighted by Gasteiger charge is 2.13. The molecule has 0 saturated heterocycles. The second-order valence-corrected chi connectivity index (χ2v) is 6.81. The number of hydrogen-bond acceptors (Lipinski definition) is 2. The van der Waals surface area contributed by atoms with Crippen LogP contribution in [0.25, 0.3) is 16.6 Å². The van der Waals surface area contributed by atoms with Crippen molar-refractivity contribution in [3.8, 4) is 5.69 Å². The predicted octanol–water partition coefficient (Wildman–Crippen LogP) is 5.03. The predicted molar refractivity (Wildman–Crippen MR) is 107 cm³/mol. The topological polar surface area (TPSA) is 60.9 Å². The maximum Gasteiger partial charge on any atom is 0.248 e. The van der Waals surface area contributed by atoms with E-state index in [9.17, 15) is 4.79 Å². The van der Waals surface area contributed by atoms with Gasteiger partial charge < -0.3 is 5.73 Å². The summed E-state index contributed by atoms with van der Waals surface area (Å²) in [5.41, 5.74) is 9.10. The molecule has 4 nitrogen and oxygen atoms in total. The molecule has 4 heteroatoms. The molecule has 0 radical (unpaired) electrons. The second-order valence-electron chi connectivity index (χ2n) is 6.81. The van der Waals surface area contributed by atoms with Gasteiger partial charge in [0.05, 0.1) is 16.9 Å². The first-order valence-corrected chi connectivity index (χ1v) is 9.57. The Morgan fingerprint density at radius 1 is 1.00 bits per heavy atom. The fourth-order valence-corrected chi connectivity index (χ4v) is 3.36. The number of hydrogen-bond donors (Lipinski definition) is 1. The summed E-state index contributed by atoms with van der Waals surface area (Å²) in [5.74, 6) is -0.398. The number of amides is 1. The normalized spacial score (nSPS) is 11.1. The number of carbonyl (C=O) groups is 1. The lowest BCUT2D eigenvalue weighted by Crippen LogP contribution is -2.10. The van der Waals surface area contributed by atoms with E-state index in [1.54, 1.807) is 6.07 Å². The zero-order valence-electron chi connectivity index (χ0n) is 15.4. The summed E-state index contributed by atoms with van der Waals surface area (Å²) in [5, 5.41) is 5.89. The summed E-state index contributed by atoms with van der Waals surface area (Å²) < 4.78 is 1.96. The Balaban J connectivity index is 1.88. The molecule has 0 bridgehead atoms. The number of nitrogens with zero attached hydrogens (tertiary/aromatic N) is 2. The van der Waals surface area contributed by atoms with Crippen LogP contribution in [0, 0.1) is 0 Å². The zero-order valence-corrected chi connectivity index (χ0v) is 15.4. The lowest BCUT2D eigenvalue weighted by molar-refractivity contribution is 0.100. The van der Waals surface area contributed by atoms with Gasteiger partial charge in [-0.3, -0.25) is 4.79 Å². The van der Waals surface area contributed by atoms with Gasteiger partial charge in [-0.05, 0) is 43.2 Å². The van der Waals surface area contributed by atoms with Gasteiger partial charge in [-0.2, -0.15) is 5.10 Å². The van der Waals surface area contributed by atoms with E-state index in [-0.39, 0.29) is 0 Å². The number of benzene rings is 2. The molecule has 0 saturated carbocycles. The number of fused-ring (bicyclic) bond motifs is 1. The van der Waals surface area contributed by atoms with Crippen molar-refractivity contribution in [3.05, 3.63) is 59.8 Å². The molecule has 0 unspecified atom stereocenters. The van der Waals surface area contributed by atoms with E-state index in [1.165, 1.54) is 32.1 Å². The van der Waals surface area contributed by atoms with E-state index < -0.39 is 5.91 Å². The van der Waals surface area contributed by atoms with E-state index >= 15 is 0 Å². The molecule has 136 valence electrons. The Morgan fingerprint density at radius 3 is 2.46 bits per heavy atom. The highest BCUT2D eigenvalue weighted by molar-refractivity contribution is 5.97. The van der Waals surface area contributed by atoms with Crippen LogP contribution in [-0.2, 0) is 6.42 Å². The van der Waals surface area contributed by atoms with Crippen molar-refractivity contribution in [1.82, 2.24) is 9.78 Å². The van der Waals surface area contributed by atoms with Crippen LogP contribution in [0.3, 0.4) is 0 Å². The fraction of sp³-hybridized carbons (Fsp3) is 0.364. The van der Waals surface area contributed by atoms with Crippen LogP contribution in [0.2, 0.25) is 0 Å². The van der Waals surface area contributed by atoms with Crippen molar-refractivity contribution in [2.45, 2.75) is 51.9 Å². The van der Waals surface area contributed by atoms with Crippen molar-refractivity contribution >= 4 is 16.8 Å². The Labute approximate surface area is 155 Å². The van der Waals surface area contributed by atoms with Crippen LogP contribution in [0.4, 0.5) is 0 Å². The Kier molecular flexibility index (Phi) is 6.05. The van der Waals surface area contributed by atoms with Gasteiger partial charge in [-0.15, -0.1) is 0 Å². The van der Waals surface area contributed by atoms with E-state index in [4.69, 9.17) is 10.8 Å². The smallest absolute Gasteiger partial charge is 0.248 e. The first-order valence-electron chi connectivity index (χ1n) is 9.57. The largest absolute Gasteiger partial charge is 0.366 e. The number of primary amides is 1. The van der Waals surface area contributed by atoms with E-state index in [1.807, 2.05) is 47.1 Å². The summed E-state index contributed by atoms with van der Waals surface area (Å²) in [7, 11) is 0. The number of aryl methyl sites for hydroxylation is 1. The third kappa shape index (κ3) is 4.13. The first-order chi connectivity index (χ1) is 12.7. The van der Waals surface area contributed by atoms with Gasteiger partial charge >= 0.3 is 0 Å². The monoisotopic (exact) mass is 349 g/mol. The van der Waals surface area contributed by atoms with Crippen LogP contribution in [-0.4, -0.2) is 15.7 Å². The summed E-state index contributed by atoms with van der Waals surface area (Å²) in [6.45, 7) is 2.23. The molecule has 0 aliphatic carbocycles. The van der Waals surface area contributed by atoms with Gasteiger partial charge in [-0.1, -0.05) is 57.2 Å². The lowest BCUT2D eigenvalue weighted by Gasteiger charge is -2.03. The minimum atomic E-state index is -0.398. The lowest BCUT2D eigenvalue weighted by atomic mass is 10.0. The van der Waals surface area contributed by atoms with Crippen LogP contribution in [0.1, 0.15) is 61.5 Å². The third-order valence-electron chi connectivity index (χ3n) is 4.81. The van der Waals surface area contributed by atoms with Crippen LogP contribution < -0.4 is 5.73 Å². The fourth-order valence-electron chi connectivity index (χ4n) is 3.36. The molecule has 2 N–H and O–H groups in total. The quantitative estimate of drug-likeness (QED) is 0.551.